The zero-order valence-corrected chi connectivity index (χ0v) is 11.5. The number of anilines is 1. The highest BCUT2D eigenvalue weighted by Gasteiger charge is 2.04. The number of nitrogens with zero attached hydrogens (tertiary/aromatic N) is 2. The largest absolute Gasteiger partial charge is 0.423 e. The highest BCUT2D eigenvalue weighted by Crippen LogP contribution is 2.20. The Morgan fingerprint density at radius 3 is 2.67 bits per heavy atom. The molecule has 0 aliphatic heterocycles. The number of hydrogen-bond donors (Lipinski definition) is 1. The Morgan fingerprint density at radius 2 is 1.95 bits per heavy atom. The van der Waals surface area contributed by atoms with Crippen LogP contribution in [0, 0.1) is 12.7 Å². The van der Waals surface area contributed by atoms with Gasteiger partial charge in [-0.25, -0.2) is 4.39 Å². The Bertz CT molecular complexity index is 724. The highest BCUT2D eigenvalue weighted by atomic mass is 19.1. The van der Waals surface area contributed by atoms with Gasteiger partial charge < -0.3 is 9.73 Å². The van der Waals surface area contributed by atoms with Gasteiger partial charge in [0.2, 0.25) is 12.3 Å². The second-order valence-electron chi connectivity index (χ2n) is 4.75. The summed E-state index contributed by atoms with van der Waals surface area (Å²) in [4.78, 5) is 0. The van der Waals surface area contributed by atoms with E-state index in [1.165, 1.54) is 12.5 Å². The van der Waals surface area contributed by atoms with Gasteiger partial charge in [-0.3, -0.25) is 0 Å². The minimum absolute atomic E-state index is 0.218. The van der Waals surface area contributed by atoms with Crippen LogP contribution in [0.2, 0.25) is 0 Å². The monoisotopic (exact) mass is 283 g/mol. The zero-order chi connectivity index (χ0) is 14.7. The summed E-state index contributed by atoms with van der Waals surface area (Å²) in [6.07, 6.45) is 1.30. The number of halogens is 1. The summed E-state index contributed by atoms with van der Waals surface area (Å²) in [6.45, 7) is 2.54. The normalized spacial score (nSPS) is 10.6. The smallest absolute Gasteiger partial charge is 0.247 e. The molecule has 0 aliphatic rings. The molecule has 0 aliphatic carbocycles. The van der Waals surface area contributed by atoms with Crippen LogP contribution in [-0.2, 0) is 6.54 Å². The van der Waals surface area contributed by atoms with Gasteiger partial charge >= 0.3 is 0 Å². The molecule has 1 N–H and O–H groups in total. The Balaban J connectivity index is 1.70. The second kappa shape index (κ2) is 5.75. The van der Waals surface area contributed by atoms with Gasteiger partial charge in [-0.05, 0) is 54.4 Å². The molecule has 0 fully saturated rings. The van der Waals surface area contributed by atoms with E-state index < -0.39 is 0 Å². The SMILES string of the molecule is Cc1ccc(F)cc1CNc1ccc(-c2nnco2)cc1. The molecule has 106 valence electrons. The molecule has 1 heterocycles. The minimum Gasteiger partial charge on any atom is -0.423 e. The topological polar surface area (TPSA) is 51.0 Å². The van der Waals surface area contributed by atoms with E-state index in [1.807, 2.05) is 31.2 Å². The quantitative estimate of drug-likeness (QED) is 0.791. The van der Waals surface area contributed by atoms with E-state index in [-0.39, 0.29) is 5.82 Å². The van der Waals surface area contributed by atoms with Crippen LogP contribution in [0.1, 0.15) is 11.1 Å². The van der Waals surface area contributed by atoms with Crippen LogP contribution in [-0.4, -0.2) is 10.2 Å². The van der Waals surface area contributed by atoms with Gasteiger partial charge in [0.1, 0.15) is 5.82 Å². The third kappa shape index (κ3) is 3.08. The van der Waals surface area contributed by atoms with E-state index in [1.54, 1.807) is 12.1 Å². The average Bonchev–Trinajstić information content (AvgIpc) is 3.03. The summed E-state index contributed by atoms with van der Waals surface area (Å²) >= 11 is 0. The molecular weight excluding hydrogens is 269 g/mol. The summed E-state index contributed by atoms with van der Waals surface area (Å²) in [7, 11) is 0. The Morgan fingerprint density at radius 1 is 1.14 bits per heavy atom. The van der Waals surface area contributed by atoms with Gasteiger partial charge in [0.05, 0.1) is 0 Å². The predicted octanol–water partition coefficient (Wildman–Crippen LogP) is 3.80. The lowest BCUT2D eigenvalue weighted by Gasteiger charge is -2.09. The van der Waals surface area contributed by atoms with Crippen molar-refractivity contribution in [2.45, 2.75) is 13.5 Å². The van der Waals surface area contributed by atoms with Crippen molar-refractivity contribution in [2.75, 3.05) is 5.32 Å². The molecule has 0 atom stereocenters. The van der Waals surface area contributed by atoms with Crippen LogP contribution >= 0.6 is 0 Å². The fourth-order valence-electron chi connectivity index (χ4n) is 2.06. The second-order valence-corrected chi connectivity index (χ2v) is 4.75. The first kappa shape index (κ1) is 13.3. The molecule has 5 heteroatoms. The first-order chi connectivity index (χ1) is 10.2. The summed E-state index contributed by atoms with van der Waals surface area (Å²) in [5.41, 5.74) is 3.81. The highest BCUT2D eigenvalue weighted by molar-refractivity contribution is 5.58. The van der Waals surface area contributed by atoms with Crippen molar-refractivity contribution in [2.24, 2.45) is 0 Å². The van der Waals surface area contributed by atoms with E-state index in [0.29, 0.717) is 12.4 Å². The van der Waals surface area contributed by atoms with Gasteiger partial charge in [0.25, 0.3) is 0 Å². The average molecular weight is 283 g/mol. The summed E-state index contributed by atoms with van der Waals surface area (Å²) in [5.74, 6) is 0.270. The van der Waals surface area contributed by atoms with Crippen LogP contribution < -0.4 is 5.32 Å². The van der Waals surface area contributed by atoms with Crippen molar-refractivity contribution < 1.29 is 8.81 Å². The molecule has 1 aromatic heterocycles. The molecule has 0 radical (unpaired) electrons. The van der Waals surface area contributed by atoms with Gasteiger partial charge in [-0.1, -0.05) is 6.07 Å². The van der Waals surface area contributed by atoms with Crippen molar-refractivity contribution in [1.82, 2.24) is 10.2 Å². The summed E-state index contributed by atoms with van der Waals surface area (Å²) < 4.78 is 18.4. The Kier molecular flexibility index (Phi) is 3.64. The molecule has 3 aromatic rings. The van der Waals surface area contributed by atoms with E-state index in [0.717, 1.165) is 22.4 Å². The number of aryl methyl sites for hydroxylation is 1. The first-order valence-electron chi connectivity index (χ1n) is 6.58. The molecule has 2 aromatic carbocycles. The Labute approximate surface area is 121 Å². The van der Waals surface area contributed by atoms with Gasteiger partial charge in [-0.15, -0.1) is 10.2 Å². The molecule has 4 nitrogen and oxygen atoms in total. The third-order valence-corrected chi connectivity index (χ3v) is 3.29. The minimum atomic E-state index is -0.218. The van der Waals surface area contributed by atoms with Crippen molar-refractivity contribution >= 4 is 5.69 Å². The first-order valence-corrected chi connectivity index (χ1v) is 6.58. The van der Waals surface area contributed by atoms with E-state index in [2.05, 4.69) is 15.5 Å². The Hall–Kier alpha value is -2.69. The van der Waals surface area contributed by atoms with Crippen molar-refractivity contribution in [1.29, 1.82) is 0 Å². The molecule has 0 saturated heterocycles. The fraction of sp³-hybridized carbons (Fsp3) is 0.125. The molecule has 0 saturated carbocycles. The lowest BCUT2D eigenvalue weighted by Crippen LogP contribution is -2.01. The number of benzene rings is 2. The maximum absolute atomic E-state index is 13.2. The van der Waals surface area contributed by atoms with Crippen LogP contribution in [0.4, 0.5) is 10.1 Å². The van der Waals surface area contributed by atoms with Crippen LogP contribution in [0.3, 0.4) is 0 Å². The van der Waals surface area contributed by atoms with Gasteiger partial charge in [0, 0.05) is 17.8 Å². The molecular formula is C16H14FN3O. The molecule has 0 amide bonds. The van der Waals surface area contributed by atoms with E-state index in [9.17, 15) is 4.39 Å². The van der Waals surface area contributed by atoms with Crippen molar-refractivity contribution in [3.8, 4) is 11.5 Å². The third-order valence-electron chi connectivity index (χ3n) is 3.29. The van der Waals surface area contributed by atoms with Crippen LogP contribution in [0.15, 0.2) is 53.3 Å². The van der Waals surface area contributed by atoms with Crippen molar-refractivity contribution in [3.05, 3.63) is 65.8 Å². The van der Waals surface area contributed by atoms with Crippen LogP contribution in [0.25, 0.3) is 11.5 Å². The molecule has 0 bridgehead atoms. The zero-order valence-electron chi connectivity index (χ0n) is 11.5. The van der Waals surface area contributed by atoms with E-state index in [4.69, 9.17) is 4.42 Å². The fourth-order valence-corrected chi connectivity index (χ4v) is 2.06. The van der Waals surface area contributed by atoms with Crippen molar-refractivity contribution in [3.63, 3.8) is 0 Å². The maximum Gasteiger partial charge on any atom is 0.247 e. The number of nitrogens with one attached hydrogen (secondary N) is 1. The number of hydrogen-bond acceptors (Lipinski definition) is 4. The van der Waals surface area contributed by atoms with E-state index >= 15 is 0 Å². The molecule has 0 spiro atoms. The van der Waals surface area contributed by atoms with Gasteiger partial charge in [0.15, 0.2) is 0 Å². The molecule has 21 heavy (non-hydrogen) atoms. The molecule has 3 rings (SSSR count). The predicted molar refractivity (Wildman–Crippen MR) is 78.2 cm³/mol. The van der Waals surface area contributed by atoms with Crippen LogP contribution in [0.5, 0.6) is 0 Å². The van der Waals surface area contributed by atoms with Gasteiger partial charge in [-0.2, -0.15) is 0 Å². The number of aromatic nitrogens is 2. The maximum atomic E-state index is 13.2. The summed E-state index contributed by atoms with van der Waals surface area (Å²) in [5, 5.41) is 10.8. The summed E-state index contributed by atoms with van der Waals surface area (Å²) in [6, 6.07) is 12.4. The lowest BCUT2D eigenvalue weighted by atomic mass is 10.1. The standard InChI is InChI=1S/C16H14FN3O/c1-11-2-5-14(17)8-13(11)9-18-15-6-3-12(4-7-15)16-20-19-10-21-16/h2-8,10,18H,9H2,1H3. The number of rotatable bonds is 4. The molecule has 0 unspecified atom stereocenters. The lowest BCUT2D eigenvalue weighted by molar-refractivity contribution is 0.568.